The number of benzene rings is 1. The molecule has 1 aromatic carbocycles. The van der Waals surface area contributed by atoms with Crippen molar-refractivity contribution >= 4 is 9.84 Å². The number of hydrogen-bond donors (Lipinski definition) is 0. The second kappa shape index (κ2) is 5.68. The molecule has 3 nitrogen and oxygen atoms in total. The highest BCUT2D eigenvalue weighted by Crippen LogP contribution is 2.14. The van der Waals surface area contributed by atoms with Crippen molar-refractivity contribution in [2.75, 3.05) is 5.75 Å². The van der Waals surface area contributed by atoms with Crippen LogP contribution >= 0.6 is 0 Å². The Hall–Kier alpha value is -2.12. The summed E-state index contributed by atoms with van der Waals surface area (Å²) in [6.45, 7) is 0. The van der Waals surface area contributed by atoms with Gasteiger partial charge in [-0.2, -0.15) is 0 Å². The first-order valence-electron chi connectivity index (χ1n) is 5.76. The second-order valence-electron chi connectivity index (χ2n) is 4.14. The van der Waals surface area contributed by atoms with E-state index in [1.54, 1.807) is 24.5 Å². The van der Waals surface area contributed by atoms with Gasteiger partial charge in [0.05, 0.1) is 4.90 Å². The van der Waals surface area contributed by atoms with E-state index in [0.29, 0.717) is 0 Å². The number of hydrogen-bond acceptors (Lipinski definition) is 3. The highest BCUT2D eigenvalue weighted by molar-refractivity contribution is 7.91. The molecule has 0 radical (unpaired) electrons. The Balaban J connectivity index is 2.18. The fourth-order valence-electron chi connectivity index (χ4n) is 1.74. The zero-order valence-corrected chi connectivity index (χ0v) is 11.1. The fourth-order valence-corrected chi connectivity index (χ4v) is 2.68. The maximum Gasteiger partial charge on any atom is 0.189 e. The lowest BCUT2D eigenvalue weighted by molar-refractivity contribution is 0.599. The highest BCUT2D eigenvalue weighted by atomic mass is 32.2. The number of rotatable bonds is 4. The molecule has 0 amide bonds. The SMILES string of the molecule is C#CCS(=O)(=O)c1ccc(Cc2ccncc2)cc1. The molecule has 1 aromatic heterocycles. The molecule has 2 rings (SSSR count). The van der Waals surface area contributed by atoms with Crippen molar-refractivity contribution in [1.29, 1.82) is 0 Å². The van der Waals surface area contributed by atoms with Crippen molar-refractivity contribution in [1.82, 2.24) is 4.98 Å². The summed E-state index contributed by atoms with van der Waals surface area (Å²) in [5.74, 6) is 1.90. The zero-order valence-electron chi connectivity index (χ0n) is 10.3. The molecule has 0 N–H and O–H groups in total. The normalized spacial score (nSPS) is 10.9. The molecule has 0 unspecified atom stereocenters. The standard InChI is InChI=1S/C15H13NO2S/c1-2-11-19(17,18)15-5-3-13(4-6-15)12-14-7-9-16-10-8-14/h1,3-10H,11-12H2. The highest BCUT2D eigenvalue weighted by Gasteiger charge is 2.12. The first kappa shape index (κ1) is 13.3. The fraction of sp³-hybridized carbons (Fsp3) is 0.133. The summed E-state index contributed by atoms with van der Waals surface area (Å²) in [6, 6.07) is 10.7. The van der Waals surface area contributed by atoms with Crippen LogP contribution < -0.4 is 0 Å². The van der Waals surface area contributed by atoms with Gasteiger partial charge < -0.3 is 0 Å². The topological polar surface area (TPSA) is 47.0 Å². The Bertz CT molecular complexity index is 683. The number of aromatic nitrogens is 1. The summed E-state index contributed by atoms with van der Waals surface area (Å²) in [5, 5.41) is 0. The van der Waals surface area contributed by atoms with Gasteiger partial charge in [-0.3, -0.25) is 4.98 Å². The summed E-state index contributed by atoms with van der Waals surface area (Å²) < 4.78 is 23.5. The molecule has 1 heterocycles. The third-order valence-electron chi connectivity index (χ3n) is 2.71. The smallest absolute Gasteiger partial charge is 0.189 e. The van der Waals surface area contributed by atoms with Crippen molar-refractivity contribution < 1.29 is 8.42 Å². The molecule has 0 saturated carbocycles. The Kier molecular flexibility index (Phi) is 3.98. The van der Waals surface area contributed by atoms with Gasteiger partial charge >= 0.3 is 0 Å². The van der Waals surface area contributed by atoms with Gasteiger partial charge in [0.15, 0.2) is 9.84 Å². The Morgan fingerprint density at radius 3 is 2.16 bits per heavy atom. The van der Waals surface area contributed by atoms with Crippen LogP contribution in [0.2, 0.25) is 0 Å². The van der Waals surface area contributed by atoms with E-state index in [0.717, 1.165) is 17.5 Å². The lowest BCUT2D eigenvalue weighted by Gasteiger charge is -2.04. The maximum absolute atomic E-state index is 11.8. The quantitative estimate of drug-likeness (QED) is 0.800. The number of nitrogens with zero attached hydrogens (tertiary/aromatic N) is 1. The molecule has 2 aromatic rings. The van der Waals surface area contributed by atoms with E-state index in [-0.39, 0.29) is 10.6 Å². The predicted octanol–water partition coefficient (Wildman–Crippen LogP) is 2.08. The van der Waals surface area contributed by atoms with Crippen LogP contribution in [-0.4, -0.2) is 19.2 Å². The van der Waals surface area contributed by atoms with E-state index in [2.05, 4.69) is 10.9 Å². The van der Waals surface area contributed by atoms with E-state index in [4.69, 9.17) is 6.42 Å². The molecule has 4 heteroatoms. The summed E-state index contributed by atoms with van der Waals surface area (Å²) in [6.07, 6.45) is 9.27. The first-order chi connectivity index (χ1) is 9.12. The molecule has 0 spiro atoms. The van der Waals surface area contributed by atoms with Crippen LogP contribution in [0.5, 0.6) is 0 Å². The van der Waals surface area contributed by atoms with Crippen LogP contribution in [0.4, 0.5) is 0 Å². The van der Waals surface area contributed by atoms with Gasteiger partial charge in [-0.05, 0) is 41.8 Å². The van der Waals surface area contributed by atoms with Crippen LogP contribution in [0.15, 0.2) is 53.7 Å². The molecule has 0 aliphatic heterocycles. The molecule has 0 aliphatic carbocycles. The van der Waals surface area contributed by atoms with Crippen LogP contribution in [-0.2, 0) is 16.3 Å². The third kappa shape index (κ3) is 3.43. The first-order valence-corrected chi connectivity index (χ1v) is 7.41. The molecule has 0 bridgehead atoms. The van der Waals surface area contributed by atoms with Gasteiger partial charge in [0.1, 0.15) is 5.75 Å². The van der Waals surface area contributed by atoms with Gasteiger partial charge in [-0.1, -0.05) is 18.1 Å². The molecular formula is C15H13NO2S. The molecule has 0 fully saturated rings. The van der Waals surface area contributed by atoms with Gasteiger partial charge in [0.2, 0.25) is 0 Å². The van der Waals surface area contributed by atoms with E-state index >= 15 is 0 Å². The Labute approximate surface area is 113 Å². The number of sulfone groups is 1. The summed E-state index contributed by atoms with van der Waals surface area (Å²) >= 11 is 0. The summed E-state index contributed by atoms with van der Waals surface area (Å²) in [4.78, 5) is 4.22. The average Bonchev–Trinajstić information content (AvgIpc) is 2.40. The molecule has 96 valence electrons. The molecule has 19 heavy (non-hydrogen) atoms. The van der Waals surface area contributed by atoms with Gasteiger partial charge in [0.25, 0.3) is 0 Å². The molecule has 0 atom stereocenters. The van der Waals surface area contributed by atoms with Crippen LogP contribution in [0, 0.1) is 12.3 Å². The van der Waals surface area contributed by atoms with E-state index in [1.807, 2.05) is 24.3 Å². The summed E-state index contributed by atoms with van der Waals surface area (Å²) in [5.41, 5.74) is 2.18. The lowest BCUT2D eigenvalue weighted by atomic mass is 10.1. The van der Waals surface area contributed by atoms with Crippen LogP contribution in [0.1, 0.15) is 11.1 Å². The van der Waals surface area contributed by atoms with Gasteiger partial charge in [-0.15, -0.1) is 6.42 Å². The van der Waals surface area contributed by atoms with Crippen LogP contribution in [0.25, 0.3) is 0 Å². The molecule has 0 aliphatic rings. The molecular weight excluding hydrogens is 258 g/mol. The molecule has 0 saturated heterocycles. The minimum absolute atomic E-state index is 0.267. The number of terminal acetylenes is 1. The van der Waals surface area contributed by atoms with Gasteiger partial charge in [0, 0.05) is 12.4 Å². The monoisotopic (exact) mass is 271 g/mol. The number of pyridine rings is 1. The van der Waals surface area contributed by atoms with Crippen LogP contribution in [0.3, 0.4) is 0 Å². The van der Waals surface area contributed by atoms with Crippen molar-refractivity contribution in [3.05, 3.63) is 59.9 Å². The minimum Gasteiger partial charge on any atom is -0.265 e. The van der Waals surface area contributed by atoms with E-state index in [1.165, 1.54) is 0 Å². The maximum atomic E-state index is 11.8. The second-order valence-corrected chi connectivity index (χ2v) is 6.13. The van der Waals surface area contributed by atoms with Crippen molar-refractivity contribution in [2.45, 2.75) is 11.3 Å². The largest absolute Gasteiger partial charge is 0.265 e. The lowest BCUT2D eigenvalue weighted by Crippen LogP contribution is -2.04. The Morgan fingerprint density at radius 2 is 1.58 bits per heavy atom. The predicted molar refractivity (Wildman–Crippen MR) is 74.4 cm³/mol. The minimum atomic E-state index is -3.35. The zero-order chi connectivity index (χ0) is 13.7. The van der Waals surface area contributed by atoms with Gasteiger partial charge in [-0.25, -0.2) is 8.42 Å². The third-order valence-corrected chi connectivity index (χ3v) is 4.25. The van der Waals surface area contributed by atoms with Crippen molar-refractivity contribution in [2.24, 2.45) is 0 Å². The Morgan fingerprint density at radius 1 is 1.00 bits per heavy atom. The summed E-state index contributed by atoms with van der Waals surface area (Å²) in [7, 11) is -3.35. The van der Waals surface area contributed by atoms with E-state index in [9.17, 15) is 8.42 Å². The van der Waals surface area contributed by atoms with Crippen molar-refractivity contribution in [3.8, 4) is 12.3 Å². The van der Waals surface area contributed by atoms with Crippen molar-refractivity contribution in [3.63, 3.8) is 0 Å². The average molecular weight is 271 g/mol. The van der Waals surface area contributed by atoms with E-state index < -0.39 is 9.84 Å².